The lowest BCUT2D eigenvalue weighted by molar-refractivity contribution is 0.881. The van der Waals surface area contributed by atoms with E-state index in [2.05, 4.69) is 27.5 Å². The van der Waals surface area contributed by atoms with Crippen molar-refractivity contribution in [1.82, 2.24) is 20.6 Å². The first kappa shape index (κ1) is 7.61. The summed E-state index contributed by atoms with van der Waals surface area (Å²) >= 11 is 0. The van der Waals surface area contributed by atoms with E-state index < -0.39 is 0 Å². The first-order valence-corrected chi connectivity index (χ1v) is 4.61. The van der Waals surface area contributed by atoms with E-state index in [0.29, 0.717) is 0 Å². The van der Waals surface area contributed by atoms with Crippen molar-refractivity contribution in [2.75, 3.05) is 6.16 Å². The predicted molar refractivity (Wildman–Crippen MR) is 41.9 cm³/mol. The van der Waals surface area contributed by atoms with Crippen LogP contribution in [0.5, 0.6) is 0 Å². The third-order valence-electron chi connectivity index (χ3n) is 1.16. The summed E-state index contributed by atoms with van der Waals surface area (Å²) in [7, 11) is 0.720. The lowest BCUT2D eigenvalue weighted by Gasteiger charge is -1.90. The molecule has 1 aromatic heterocycles. The molecule has 1 N–H and O–H groups in total. The third kappa shape index (κ3) is 2.40. The lowest BCUT2D eigenvalue weighted by Crippen LogP contribution is -2.00. The standard InChI is InChI=1S/C5H11N4P/c1-2-3-4-10-5-6-8-9-7-5/h10H,2-4H2,1H3,(H,6,7,8,9). The molecule has 1 heterocycles. The van der Waals surface area contributed by atoms with Gasteiger partial charge in [-0.15, -0.1) is 10.2 Å². The SMILES string of the molecule is CCCCPc1nn[nH]n1. The fourth-order valence-corrected chi connectivity index (χ4v) is 1.62. The van der Waals surface area contributed by atoms with Gasteiger partial charge in [-0.25, -0.2) is 0 Å². The van der Waals surface area contributed by atoms with Crippen molar-refractivity contribution in [2.45, 2.75) is 19.8 Å². The van der Waals surface area contributed by atoms with Crippen LogP contribution in [0.25, 0.3) is 0 Å². The summed E-state index contributed by atoms with van der Waals surface area (Å²) in [6, 6.07) is 0. The Bertz CT molecular complexity index is 162. The van der Waals surface area contributed by atoms with Gasteiger partial charge in [0.15, 0.2) is 5.57 Å². The predicted octanol–water partition coefficient (Wildman–Crippen LogP) is 0.304. The lowest BCUT2D eigenvalue weighted by atomic mass is 10.4. The topological polar surface area (TPSA) is 54.5 Å². The molecule has 0 aliphatic carbocycles. The second kappa shape index (κ2) is 4.34. The van der Waals surface area contributed by atoms with Gasteiger partial charge in [-0.05, 0) is 26.4 Å². The molecule has 0 aliphatic heterocycles. The van der Waals surface area contributed by atoms with Crippen LogP contribution >= 0.6 is 8.58 Å². The van der Waals surface area contributed by atoms with Crippen LogP contribution in [0.2, 0.25) is 0 Å². The van der Waals surface area contributed by atoms with Crippen molar-refractivity contribution in [1.29, 1.82) is 0 Å². The molecule has 0 fully saturated rings. The molecule has 1 atom stereocenters. The summed E-state index contributed by atoms with van der Waals surface area (Å²) < 4.78 is 0. The van der Waals surface area contributed by atoms with Crippen LogP contribution in [0.4, 0.5) is 0 Å². The maximum absolute atomic E-state index is 3.85. The van der Waals surface area contributed by atoms with Gasteiger partial charge in [-0.3, -0.25) is 0 Å². The molecule has 10 heavy (non-hydrogen) atoms. The molecule has 1 unspecified atom stereocenters. The smallest absolute Gasteiger partial charge is 0.177 e. The Kier molecular flexibility index (Phi) is 3.30. The van der Waals surface area contributed by atoms with E-state index in [-0.39, 0.29) is 0 Å². The van der Waals surface area contributed by atoms with Crippen LogP contribution in [0.3, 0.4) is 0 Å². The number of nitrogens with zero attached hydrogens (tertiary/aromatic N) is 3. The van der Waals surface area contributed by atoms with Crippen molar-refractivity contribution >= 4 is 14.1 Å². The van der Waals surface area contributed by atoms with Crippen LogP contribution < -0.4 is 5.57 Å². The maximum atomic E-state index is 3.85. The zero-order chi connectivity index (χ0) is 7.23. The Morgan fingerprint density at radius 2 is 2.50 bits per heavy atom. The largest absolute Gasteiger partial charge is 0.192 e. The van der Waals surface area contributed by atoms with E-state index in [4.69, 9.17) is 0 Å². The zero-order valence-corrected chi connectivity index (χ0v) is 6.96. The van der Waals surface area contributed by atoms with Gasteiger partial charge in [-0.1, -0.05) is 13.3 Å². The molecule has 4 nitrogen and oxygen atoms in total. The molecule has 0 bridgehead atoms. The highest BCUT2D eigenvalue weighted by Gasteiger charge is 1.94. The van der Waals surface area contributed by atoms with Crippen molar-refractivity contribution in [3.63, 3.8) is 0 Å². The molecule has 0 spiro atoms. The van der Waals surface area contributed by atoms with E-state index in [9.17, 15) is 0 Å². The van der Waals surface area contributed by atoms with Crippen molar-refractivity contribution in [3.8, 4) is 0 Å². The number of rotatable bonds is 4. The Morgan fingerprint density at radius 3 is 3.10 bits per heavy atom. The number of hydrogen-bond donors (Lipinski definition) is 1. The minimum absolute atomic E-state index is 0.720. The van der Waals surface area contributed by atoms with Gasteiger partial charge in [0.25, 0.3) is 0 Å². The Morgan fingerprint density at radius 1 is 1.60 bits per heavy atom. The van der Waals surface area contributed by atoms with Crippen LogP contribution in [-0.4, -0.2) is 26.8 Å². The van der Waals surface area contributed by atoms with Gasteiger partial charge in [0.1, 0.15) is 0 Å². The van der Waals surface area contributed by atoms with Crippen LogP contribution in [0.15, 0.2) is 0 Å². The quantitative estimate of drug-likeness (QED) is 0.506. The summed E-state index contributed by atoms with van der Waals surface area (Å²) in [6.45, 7) is 2.18. The van der Waals surface area contributed by atoms with Gasteiger partial charge in [0.2, 0.25) is 0 Å². The number of aromatic nitrogens is 4. The van der Waals surface area contributed by atoms with E-state index >= 15 is 0 Å². The average Bonchev–Trinajstić information content (AvgIpc) is 2.41. The van der Waals surface area contributed by atoms with Crippen molar-refractivity contribution in [2.24, 2.45) is 0 Å². The molecule has 0 saturated carbocycles. The van der Waals surface area contributed by atoms with E-state index in [1.807, 2.05) is 0 Å². The number of unbranched alkanes of at least 4 members (excludes halogenated alkanes) is 1. The second-order valence-electron chi connectivity index (χ2n) is 2.02. The molecular weight excluding hydrogens is 147 g/mol. The van der Waals surface area contributed by atoms with E-state index in [1.165, 1.54) is 19.0 Å². The van der Waals surface area contributed by atoms with Gasteiger partial charge in [-0.2, -0.15) is 5.21 Å². The highest BCUT2D eigenvalue weighted by atomic mass is 31.1. The summed E-state index contributed by atoms with van der Waals surface area (Å²) in [6.07, 6.45) is 3.69. The summed E-state index contributed by atoms with van der Waals surface area (Å²) in [4.78, 5) is 0. The van der Waals surface area contributed by atoms with Gasteiger partial charge in [0, 0.05) is 0 Å². The first-order valence-electron chi connectivity index (χ1n) is 3.41. The van der Waals surface area contributed by atoms with Gasteiger partial charge < -0.3 is 0 Å². The fraction of sp³-hybridized carbons (Fsp3) is 0.800. The number of nitrogens with one attached hydrogen (secondary N) is 1. The number of hydrogen-bond acceptors (Lipinski definition) is 3. The monoisotopic (exact) mass is 158 g/mol. The molecule has 0 aliphatic rings. The molecule has 1 rings (SSSR count). The molecule has 0 aromatic carbocycles. The molecule has 0 saturated heterocycles. The van der Waals surface area contributed by atoms with E-state index in [1.54, 1.807) is 0 Å². The highest BCUT2D eigenvalue weighted by molar-refractivity contribution is 7.46. The normalized spacial score (nSPS) is 11.3. The molecule has 0 radical (unpaired) electrons. The van der Waals surface area contributed by atoms with Crippen molar-refractivity contribution in [3.05, 3.63) is 0 Å². The van der Waals surface area contributed by atoms with Crippen LogP contribution in [0.1, 0.15) is 19.8 Å². The number of H-pyrrole nitrogens is 1. The number of tetrazole rings is 1. The maximum Gasteiger partial charge on any atom is 0.192 e. The van der Waals surface area contributed by atoms with Crippen LogP contribution in [0, 0.1) is 0 Å². The Labute approximate surface area is 61.6 Å². The molecule has 1 aromatic rings. The van der Waals surface area contributed by atoms with Gasteiger partial charge in [0.05, 0.1) is 0 Å². The molecule has 56 valence electrons. The van der Waals surface area contributed by atoms with Crippen molar-refractivity contribution < 1.29 is 0 Å². The first-order chi connectivity index (χ1) is 4.93. The molecule has 0 amide bonds. The highest BCUT2D eigenvalue weighted by Crippen LogP contribution is 2.07. The van der Waals surface area contributed by atoms with Gasteiger partial charge >= 0.3 is 0 Å². The summed E-state index contributed by atoms with van der Waals surface area (Å²) in [5.74, 6) is 0. The minimum Gasteiger partial charge on any atom is -0.177 e. The number of aromatic amines is 1. The zero-order valence-electron chi connectivity index (χ0n) is 5.96. The Balaban J connectivity index is 2.15. The molecule has 5 heteroatoms. The minimum atomic E-state index is 0.720. The Hall–Kier alpha value is -0.500. The third-order valence-corrected chi connectivity index (χ3v) is 2.29. The summed E-state index contributed by atoms with van der Waals surface area (Å²) in [5.41, 5.74) is 0.855. The fourth-order valence-electron chi connectivity index (χ4n) is 0.614. The second-order valence-corrected chi connectivity index (χ2v) is 3.32. The average molecular weight is 158 g/mol. The summed E-state index contributed by atoms with van der Waals surface area (Å²) in [5, 5.41) is 13.6. The van der Waals surface area contributed by atoms with E-state index in [0.717, 1.165) is 14.1 Å². The van der Waals surface area contributed by atoms with Crippen LogP contribution in [-0.2, 0) is 0 Å². The molecular formula is C5H11N4P.